The molecule has 3 nitrogen and oxygen atoms in total. The third-order valence-corrected chi connectivity index (χ3v) is 3.49. The fraction of sp³-hybridized carbons (Fsp3) is 0.250. The first kappa shape index (κ1) is 14.7. The first-order valence-corrected chi connectivity index (χ1v) is 6.72. The lowest BCUT2D eigenvalue weighted by Gasteiger charge is -2.11. The Balaban J connectivity index is 2.38. The molecule has 0 aliphatic rings. The minimum Gasteiger partial charge on any atom is -0.493 e. The van der Waals surface area contributed by atoms with Crippen molar-refractivity contribution < 1.29 is 9.47 Å². The molecule has 2 rings (SSSR count). The van der Waals surface area contributed by atoms with Crippen LogP contribution in [0.2, 0.25) is 5.02 Å². The molecule has 0 saturated carbocycles. The summed E-state index contributed by atoms with van der Waals surface area (Å²) >= 11 is 6.29. The zero-order valence-electron chi connectivity index (χ0n) is 11.9. The molecule has 2 aromatic rings. The number of hydrogen-bond donors (Lipinski definition) is 1. The molecule has 1 N–H and O–H groups in total. The van der Waals surface area contributed by atoms with Crippen LogP contribution < -0.4 is 14.8 Å². The first-order valence-electron chi connectivity index (χ1n) is 6.35. The summed E-state index contributed by atoms with van der Waals surface area (Å²) in [5, 5.41) is 3.85. The fourth-order valence-corrected chi connectivity index (χ4v) is 2.32. The highest BCUT2D eigenvalue weighted by molar-refractivity contribution is 6.31. The summed E-state index contributed by atoms with van der Waals surface area (Å²) in [5.41, 5.74) is 3.18. The van der Waals surface area contributed by atoms with Crippen molar-refractivity contribution in [3.8, 4) is 22.6 Å². The van der Waals surface area contributed by atoms with E-state index >= 15 is 0 Å². The average Bonchev–Trinajstić information content (AvgIpc) is 2.48. The first-order chi connectivity index (χ1) is 9.69. The summed E-state index contributed by atoms with van der Waals surface area (Å²) in [4.78, 5) is 0. The Morgan fingerprint density at radius 2 is 1.60 bits per heavy atom. The largest absolute Gasteiger partial charge is 0.493 e. The topological polar surface area (TPSA) is 30.5 Å². The quantitative estimate of drug-likeness (QED) is 0.910. The number of ether oxygens (including phenoxy) is 2. The van der Waals surface area contributed by atoms with Gasteiger partial charge in [-0.3, -0.25) is 0 Å². The maximum Gasteiger partial charge on any atom is 0.161 e. The van der Waals surface area contributed by atoms with Gasteiger partial charge in [-0.05, 0) is 41.9 Å². The number of rotatable bonds is 5. The SMILES string of the molecule is CNCc1ccc(-c2ccc(OC)c(OC)c2)cc1Cl. The molecule has 0 aliphatic carbocycles. The highest BCUT2D eigenvalue weighted by Gasteiger charge is 2.08. The number of methoxy groups -OCH3 is 2. The molecular formula is C16H18ClNO2. The lowest BCUT2D eigenvalue weighted by atomic mass is 10.0. The number of benzene rings is 2. The predicted molar refractivity (Wildman–Crippen MR) is 82.8 cm³/mol. The third-order valence-electron chi connectivity index (χ3n) is 3.14. The fourth-order valence-electron chi connectivity index (χ4n) is 2.08. The summed E-state index contributed by atoms with van der Waals surface area (Å²) in [6.07, 6.45) is 0. The van der Waals surface area contributed by atoms with Gasteiger partial charge in [-0.1, -0.05) is 29.8 Å². The smallest absolute Gasteiger partial charge is 0.161 e. The summed E-state index contributed by atoms with van der Waals surface area (Å²) in [6.45, 7) is 0.755. The molecular weight excluding hydrogens is 274 g/mol. The van der Waals surface area contributed by atoms with Gasteiger partial charge in [0.1, 0.15) is 0 Å². The molecule has 0 fully saturated rings. The highest BCUT2D eigenvalue weighted by Crippen LogP contribution is 2.33. The van der Waals surface area contributed by atoms with Crippen LogP contribution in [0.5, 0.6) is 11.5 Å². The Bertz CT molecular complexity index is 599. The van der Waals surface area contributed by atoms with Crippen LogP contribution in [0.3, 0.4) is 0 Å². The molecule has 0 atom stereocenters. The zero-order valence-corrected chi connectivity index (χ0v) is 12.6. The molecule has 0 aliphatic heterocycles. The van der Waals surface area contributed by atoms with Crippen LogP contribution in [-0.4, -0.2) is 21.3 Å². The van der Waals surface area contributed by atoms with E-state index in [1.165, 1.54) is 0 Å². The zero-order chi connectivity index (χ0) is 14.5. The van der Waals surface area contributed by atoms with Crippen molar-refractivity contribution in [3.63, 3.8) is 0 Å². The van der Waals surface area contributed by atoms with Gasteiger partial charge < -0.3 is 14.8 Å². The van der Waals surface area contributed by atoms with E-state index in [1.54, 1.807) is 14.2 Å². The molecule has 0 radical (unpaired) electrons. The summed E-state index contributed by atoms with van der Waals surface area (Å²) in [6, 6.07) is 11.9. The van der Waals surface area contributed by atoms with Crippen LogP contribution in [-0.2, 0) is 6.54 Å². The van der Waals surface area contributed by atoms with Crippen LogP contribution >= 0.6 is 11.6 Å². The van der Waals surface area contributed by atoms with Crippen LogP contribution in [0.25, 0.3) is 11.1 Å². The Kier molecular flexibility index (Phi) is 4.88. The van der Waals surface area contributed by atoms with Gasteiger partial charge in [0.2, 0.25) is 0 Å². The third kappa shape index (κ3) is 3.06. The lowest BCUT2D eigenvalue weighted by molar-refractivity contribution is 0.355. The van der Waals surface area contributed by atoms with Gasteiger partial charge in [-0.15, -0.1) is 0 Å². The van der Waals surface area contributed by atoms with E-state index in [1.807, 2.05) is 37.4 Å². The maximum atomic E-state index is 6.29. The van der Waals surface area contributed by atoms with Crippen molar-refractivity contribution >= 4 is 11.6 Å². The van der Waals surface area contributed by atoms with Crippen LogP contribution in [0.4, 0.5) is 0 Å². The summed E-state index contributed by atoms with van der Waals surface area (Å²) in [7, 11) is 5.16. The molecule has 0 saturated heterocycles. The molecule has 0 bridgehead atoms. The van der Waals surface area contributed by atoms with E-state index in [9.17, 15) is 0 Å². The van der Waals surface area contributed by atoms with Gasteiger partial charge in [0.25, 0.3) is 0 Å². The Hall–Kier alpha value is -1.71. The second kappa shape index (κ2) is 6.64. The van der Waals surface area contributed by atoms with Crippen molar-refractivity contribution in [1.82, 2.24) is 5.32 Å². The second-order valence-corrected chi connectivity index (χ2v) is 4.81. The number of nitrogens with one attached hydrogen (secondary N) is 1. The van der Waals surface area contributed by atoms with Gasteiger partial charge in [-0.2, -0.15) is 0 Å². The van der Waals surface area contributed by atoms with E-state index in [0.29, 0.717) is 11.5 Å². The minimum absolute atomic E-state index is 0.709. The molecule has 2 aromatic carbocycles. The lowest BCUT2D eigenvalue weighted by Crippen LogP contribution is -2.05. The molecule has 0 aromatic heterocycles. The van der Waals surface area contributed by atoms with Crippen molar-refractivity contribution in [2.75, 3.05) is 21.3 Å². The molecule has 0 amide bonds. The van der Waals surface area contributed by atoms with E-state index in [4.69, 9.17) is 21.1 Å². The highest BCUT2D eigenvalue weighted by atomic mass is 35.5. The second-order valence-electron chi connectivity index (χ2n) is 4.41. The van der Waals surface area contributed by atoms with E-state index in [0.717, 1.165) is 28.3 Å². The maximum absolute atomic E-state index is 6.29. The van der Waals surface area contributed by atoms with Gasteiger partial charge in [0.15, 0.2) is 11.5 Å². The molecule has 4 heteroatoms. The van der Waals surface area contributed by atoms with Gasteiger partial charge >= 0.3 is 0 Å². The summed E-state index contributed by atoms with van der Waals surface area (Å²) in [5.74, 6) is 1.43. The summed E-state index contributed by atoms with van der Waals surface area (Å²) < 4.78 is 10.6. The van der Waals surface area contributed by atoms with Crippen LogP contribution in [0.15, 0.2) is 36.4 Å². The van der Waals surface area contributed by atoms with E-state index < -0.39 is 0 Å². The van der Waals surface area contributed by atoms with Gasteiger partial charge in [0, 0.05) is 11.6 Å². The molecule has 0 heterocycles. The van der Waals surface area contributed by atoms with Gasteiger partial charge in [-0.25, -0.2) is 0 Å². The Labute approximate surface area is 124 Å². The van der Waals surface area contributed by atoms with E-state index in [-0.39, 0.29) is 0 Å². The van der Waals surface area contributed by atoms with Crippen molar-refractivity contribution in [1.29, 1.82) is 0 Å². The van der Waals surface area contributed by atoms with Gasteiger partial charge in [0.05, 0.1) is 14.2 Å². The molecule has 20 heavy (non-hydrogen) atoms. The van der Waals surface area contributed by atoms with Crippen molar-refractivity contribution in [3.05, 3.63) is 47.0 Å². The van der Waals surface area contributed by atoms with Crippen molar-refractivity contribution in [2.24, 2.45) is 0 Å². The monoisotopic (exact) mass is 291 g/mol. The molecule has 0 spiro atoms. The molecule has 106 valence electrons. The standard InChI is InChI=1S/C16H18ClNO2/c1-18-10-13-5-4-11(8-14(13)17)12-6-7-15(19-2)16(9-12)20-3/h4-9,18H,10H2,1-3H3. The van der Waals surface area contributed by atoms with Crippen LogP contribution in [0, 0.1) is 0 Å². The molecule has 0 unspecified atom stereocenters. The Morgan fingerprint density at radius 3 is 2.20 bits per heavy atom. The minimum atomic E-state index is 0.709. The van der Waals surface area contributed by atoms with Crippen LogP contribution in [0.1, 0.15) is 5.56 Å². The predicted octanol–water partition coefficient (Wildman–Crippen LogP) is 3.74. The van der Waals surface area contributed by atoms with Crippen molar-refractivity contribution in [2.45, 2.75) is 6.54 Å². The average molecular weight is 292 g/mol. The van der Waals surface area contributed by atoms with E-state index in [2.05, 4.69) is 11.4 Å². The Morgan fingerprint density at radius 1 is 0.950 bits per heavy atom. The normalized spacial score (nSPS) is 10.4. The number of halogens is 1. The number of hydrogen-bond acceptors (Lipinski definition) is 3.